The van der Waals surface area contributed by atoms with Crippen LogP contribution in [0.3, 0.4) is 0 Å². The Hall–Kier alpha value is -0.750. The molecule has 0 spiro atoms. The van der Waals surface area contributed by atoms with Crippen LogP contribution in [0, 0.1) is 0 Å². The highest BCUT2D eigenvalue weighted by molar-refractivity contribution is 7.80. The number of alkyl halides is 4. The van der Waals surface area contributed by atoms with Crippen LogP contribution in [0.15, 0.2) is 23.1 Å². The lowest BCUT2D eigenvalue weighted by Gasteiger charge is -2.16. The molecule has 0 aliphatic rings. The van der Waals surface area contributed by atoms with Crippen LogP contribution in [0.2, 0.25) is 0 Å². The smallest absolute Gasteiger partial charge is 0.276 e. The Balaban J connectivity index is 3.21. The molecule has 0 aliphatic carbocycles. The van der Waals surface area contributed by atoms with Crippen molar-refractivity contribution >= 4 is 29.5 Å². The zero-order valence-corrected chi connectivity index (χ0v) is 9.21. The molecule has 0 fully saturated rings. The van der Waals surface area contributed by atoms with Crippen LogP contribution in [-0.4, -0.2) is 11.7 Å². The summed E-state index contributed by atoms with van der Waals surface area (Å²) < 4.78 is 49.8. The maximum absolute atomic E-state index is 12.9. The second-order valence-corrected chi connectivity index (χ2v) is 3.75. The van der Waals surface area contributed by atoms with E-state index in [0.717, 1.165) is 12.1 Å². The van der Waals surface area contributed by atoms with Crippen LogP contribution in [0.4, 0.5) is 17.6 Å². The predicted molar refractivity (Wildman–Crippen MR) is 53.8 cm³/mol. The van der Waals surface area contributed by atoms with Gasteiger partial charge in [0.2, 0.25) is 0 Å². The molecule has 7 heteroatoms. The monoisotopic (exact) mass is 272 g/mol. The fraction of sp³-hybridized carbons (Fsp3) is 0.222. The average Bonchev–Trinajstić information content (AvgIpc) is 2.16. The van der Waals surface area contributed by atoms with E-state index in [0.29, 0.717) is 6.07 Å². The Labute approximate surface area is 98.8 Å². The third-order valence-electron chi connectivity index (χ3n) is 1.87. The Morgan fingerprint density at radius 1 is 1.38 bits per heavy atom. The van der Waals surface area contributed by atoms with Gasteiger partial charge in [0.15, 0.2) is 0 Å². The third-order valence-corrected chi connectivity index (χ3v) is 2.44. The van der Waals surface area contributed by atoms with E-state index in [9.17, 15) is 22.4 Å². The first-order valence-corrected chi connectivity index (χ1v) is 4.78. The van der Waals surface area contributed by atoms with Crippen LogP contribution < -0.4 is 0 Å². The van der Waals surface area contributed by atoms with Crippen molar-refractivity contribution in [3.05, 3.63) is 29.3 Å². The zero-order chi connectivity index (χ0) is 12.5. The highest BCUT2D eigenvalue weighted by Crippen LogP contribution is 2.36. The van der Waals surface area contributed by atoms with Gasteiger partial charge in [-0.25, -0.2) is 8.78 Å². The van der Waals surface area contributed by atoms with E-state index >= 15 is 0 Å². The van der Waals surface area contributed by atoms with Crippen molar-refractivity contribution in [2.45, 2.75) is 17.2 Å². The first kappa shape index (κ1) is 13.3. The minimum Gasteiger partial charge on any atom is -0.276 e. The summed E-state index contributed by atoms with van der Waals surface area (Å²) in [5, 5.41) is -0.892. The molecule has 0 radical (unpaired) electrons. The third kappa shape index (κ3) is 2.49. The Morgan fingerprint density at radius 3 is 2.31 bits per heavy atom. The molecule has 0 heterocycles. The average molecular weight is 273 g/mol. The van der Waals surface area contributed by atoms with Gasteiger partial charge in [-0.05, 0) is 23.7 Å². The number of carbonyl (C=O) groups is 1. The predicted octanol–water partition coefficient (Wildman–Crippen LogP) is 3.71. The van der Waals surface area contributed by atoms with Gasteiger partial charge in [0.05, 0.1) is 0 Å². The SMILES string of the molecule is O=C(Cl)c1ccc(C(F)(F)C(F)F)cc1S. The lowest BCUT2D eigenvalue weighted by Crippen LogP contribution is -2.23. The van der Waals surface area contributed by atoms with Crippen molar-refractivity contribution in [3.63, 3.8) is 0 Å². The van der Waals surface area contributed by atoms with Crippen molar-refractivity contribution < 1.29 is 22.4 Å². The minimum atomic E-state index is -4.27. The largest absolute Gasteiger partial charge is 0.332 e. The van der Waals surface area contributed by atoms with E-state index in [4.69, 9.17) is 11.6 Å². The minimum absolute atomic E-state index is 0.112. The molecule has 0 bridgehead atoms. The lowest BCUT2D eigenvalue weighted by atomic mass is 10.1. The number of rotatable bonds is 3. The lowest BCUT2D eigenvalue weighted by molar-refractivity contribution is -0.135. The molecule has 0 amide bonds. The summed E-state index contributed by atoms with van der Waals surface area (Å²) in [4.78, 5) is 10.6. The first-order valence-electron chi connectivity index (χ1n) is 3.96. The number of hydrogen-bond acceptors (Lipinski definition) is 2. The normalized spacial score (nSPS) is 11.9. The summed E-state index contributed by atoms with van der Waals surface area (Å²) in [7, 11) is 0. The second-order valence-electron chi connectivity index (χ2n) is 2.93. The van der Waals surface area contributed by atoms with Gasteiger partial charge >= 0.3 is 12.3 Å². The van der Waals surface area contributed by atoms with Gasteiger partial charge in [-0.1, -0.05) is 6.07 Å². The highest BCUT2D eigenvalue weighted by atomic mass is 35.5. The van der Waals surface area contributed by atoms with Crippen LogP contribution in [0.25, 0.3) is 0 Å². The van der Waals surface area contributed by atoms with Gasteiger partial charge in [-0.15, -0.1) is 12.6 Å². The summed E-state index contributed by atoms with van der Waals surface area (Å²) in [6.45, 7) is 0. The molecule has 1 rings (SSSR count). The van der Waals surface area contributed by atoms with E-state index in [2.05, 4.69) is 12.6 Å². The summed E-state index contributed by atoms with van der Waals surface area (Å²) >= 11 is 8.84. The van der Waals surface area contributed by atoms with E-state index in [1.54, 1.807) is 0 Å². The van der Waals surface area contributed by atoms with Gasteiger partial charge in [-0.2, -0.15) is 8.78 Å². The number of carbonyl (C=O) groups excluding carboxylic acids is 1. The summed E-state index contributed by atoms with van der Waals surface area (Å²) in [5.41, 5.74) is -1.02. The molecule has 0 saturated heterocycles. The van der Waals surface area contributed by atoms with Crippen molar-refractivity contribution in [1.82, 2.24) is 0 Å². The van der Waals surface area contributed by atoms with Gasteiger partial charge in [0, 0.05) is 16.0 Å². The number of halogens is 5. The number of benzene rings is 1. The Morgan fingerprint density at radius 2 is 1.94 bits per heavy atom. The molecule has 0 atom stereocenters. The van der Waals surface area contributed by atoms with E-state index < -0.39 is 23.2 Å². The first-order chi connectivity index (χ1) is 7.26. The fourth-order valence-corrected chi connectivity index (χ4v) is 1.58. The fourth-order valence-electron chi connectivity index (χ4n) is 1.03. The highest BCUT2D eigenvalue weighted by Gasteiger charge is 2.42. The summed E-state index contributed by atoms with van der Waals surface area (Å²) in [6, 6.07) is 2.36. The van der Waals surface area contributed by atoms with Crippen molar-refractivity contribution in [3.8, 4) is 0 Å². The van der Waals surface area contributed by atoms with E-state index in [1.807, 2.05) is 0 Å². The van der Waals surface area contributed by atoms with Gasteiger partial charge in [0.25, 0.3) is 5.24 Å². The van der Waals surface area contributed by atoms with E-state index in [1.165, 1.54) is 0 Å². The number of thiol groups is 1. The molecule has 16 heavy (non-hydrogen) atoms. The second kappa shape index (κ2) is 4.63. The summed E-state index contributed by atoms with van der Waals surface area (Å²) in [5.74, 6) is -4.27. The topological polar surface area (TPSA) is 17.1 Å². The van der Waals surface area contributed by atoms with Gasteiger partial charge in [-0.3, -0.25) is 4.79 Å². The molecule has 0 saturated carbocycles. The molecule has 1 aromatic carbocycles. The van der Waals surface area contributed by atoms with Crippen LogP contribution >= 0.6 is 24.2 Å². The number of hydrogen-bond donors (Lipinski definition) is 1. The quantitative estimate of drug-likeness (QED) is 0.504. The van der Waals surface area contributed by atoms with Crippen molar-refractivity contribution in [2.24, 2.45) is 0 Å². The van der Waals surface area contributed by atoms with Crippen molar-refractivity contribution in [1.29, 1.82) is 0 Å². The molecular weight excluding hydrogens is 268 g/mol. The maximum Gasteiger partial charge on any atom is 0.332 e. The standard InChI is InChI=1S/C9H5ClF4OS/c10-7(15)5-2-1-4(3-6(5)16)9(13,14)8(11)12/h1-3,8,16H. The molecule has 0 aliphatic heterocycles. The zero-order valence-electron chi connectivity index (χ0n) is 7.55. The molecule has 88 valence electrons. The van der Waals surface area contributed by atoms with Crippen LogP contribution in [0.1, 0.15) is 15.9 Å². The van der Waals surface area contributed by atoms with E-state index in [-0.39, 0.29) is 10.5 Å². The molecule has 0 unspecified atom stereocenters. The molecule has 1 aromatic rings. The molecular formula is C9H5ClF4OS. The Bertz CT molecular complexity index is 422. The molecule has 1 nitrogen and oxygen atoms in total. The van der Waals surface area contributed by atoms with Crippen molar-refractivity contribution in [2.75, 3.05) is 0 Å². The summed E-state index contributed by atoms with van der Waals surface area (Å²) in [6.07, 6.45) is -3.82. The van der Waals surface area contributed by atoms with Crippen LogP contribution in [0.5, 0.6) is 0 Å². The van der Waals surface area contributed by atoms with Crippen LogP contribution in [-0.2, 0) is 5.92 Å². The van der Waals surface area contributed by atoms with Gasteiger partial charge < -0.3 is 0 Å². The Kier molecular flexibility index (Phi) is 3.85. The molecule has 0 N–H and O–H groups in total. The maximum atomic E-state index is 12.9. The van der Waals surface area contributed by atoms with Gasteiger partial charge in [0.1, 0.15) is 0 Å². The molecule has 0 aromatic heterocycles.